The summed E-state index contributed by atoms with van der Waals surface area (Å²) in [4.78, 5) is 53.7. The lowest BCUT2D eigenvalue weighted by Crippen LogP contribution is -2.46. The Morgan fingerprint density at radius 3 is 2.03 bits per heavy atom. The van der Waals surface area contributed by atoms with Gasteiger partial charge in [0.25, 0.3) is 21.9 Å². The van der Waals surface area contributed by atoms with Crippen LogP contribution >= 0.6 is 0 Å². The Hall–Kier alpha value is -2.79. The van der Waals surface area contributed by atoms with Gasteiger partial charge < -0.3 is 10.2 Å². The van der Waals surface area contributed by atoms with E-state index in [1.807, 2.05) is 18.2 Å². The van der Waals surface area contributed by atoms with E-state index in [1.54, 1.807) is 12.1 Å². The number of nitrogens with zero attached hydrogens (tertiary/aromatic N) is 1. The zero-order valence-electron chi connectivity index (χ0n) is 19.8. The number of rotatable bonds is 16. The normalized spacial score (nSPS) is 14.7. The highest BCUT2D eigenvalue weighted by Gasteiger charge is 2.35. The van der Waals surface area contributed by atoms with E-state index in [0.29, 0.717) is 17.9 Å². The van der Waals surface area contributed by atoms with Crippen molar-refractivity contribution in [2.45, 2.75) is 83.1 Å². The van der Waals surface area contributed by atoms with E-state index in [-0.39, 0.29) is 37.3 Å². The molecule has 1 aromatic rings. The molecule has 0 spiro atoms. The maximum atomic E-state index is 12.7. The summed E-state index contributed by atoms with van der Waals surface area (Å²) >= 11 is 0. The standard InChI is InChI=1S/C24H34N2O8S/c27-21(14-10-5-3-1-2-4-6-11-17-35(31,32)33)25-20(18-19-12-8-7-9-13-19)24(30)34-26-22(28)15-16-23(26)29/h7-9,12-13,20H,1-6,10-11,14-18H2,(H,25,27)(H,31,32,33). The summed E-state index contributed by atoms with van der Waals surface area (Å²) in [6, 6.07) is 8.02. The highest BCUT2D eigenvalue weighted by atomic mass is 32.2. The van der Waals surface area contributed by atoms with Gasteiger partial charge in [-0.15, -0.1) is 5.06 Å². The van der Waals surface area contributed by atoms with Crippen LogP contribution in [0.25, 0.3) is 0 Å². The molecule has 35 heavy (non-hydrogen) atoms. The van der Waals surface area contributed by atoms with Gasteiger partial charge in [-0.1, -0.05) is 68.9 Å². The van der Waals surface area contributed by atoms with Crippen molar-refractivity contribution in [2.75, 3.05) is 5.75 Å². The molecule has 2 rings (SSSR count). The van der Waals surface area contributed by atoms with E-state index in [1.165, 1.54) is 0 Å². The lowest BCUT2D eigenvalue weighted by molar-refractivity contribution is -0.199. The molecular weight excluding hydrogens is 476 g/mol. The number of imide groups is 1. The van der Waals surface area contributed by atoms with Gasteiger partial charge in [0.2, 0.25) is 5.91 Å². The fourth-order valence-corrected chi connectivity index (χ4v) is 4.32. The summed E-state index contributed by atoms with van der Waals surface area (Å²) in [6.45, 7) is 0. The van der Waals surface area contributed by atoms with Gasteiger partial charge in [0.15, 0.2) is 0 Å². The Labute approximate surface area is 206 Å². The molecule has 0 aromatic heterocycles. The number of amides is 3. The zero-order valence-corrected chi connectivity index (χ0v) is 20.6. The lowest BCUT2D eigenvalue weighted by atomic mass is 10.0. The maximum absolute atomic E-state index is 12.7. The van der Waals surface area contributed by atoms with Crippen LogP contribution in [0.4, 0.5) is 0 Å². The molecule has 1 aromatic carbocycles. The Bertz CT molecular complexity index is 949. The molecule has 194 valence electrons. The predicted molar refractivity (Wildman–Crippen MR) is 127 cm³/mol. The number of hydrogen-bond donors (Lipinski definition) is 2. The van der Waals surface area contributed by atoms with Crippen LogP contribution in [-0.2, 0) is 40.6 Å². The number of carbonyl (C=O) groups is 4. The Kier molecular flexibility index (Phi) is 11.8. The molecule has 1 aliphatic heterocycles. The first-order valence-electron chi connectivity index (χ1n) is 12.0. The molecule has 1 unspecified atom stereocenters. The highest BCUT2D eigenvalue weighted by Crippen LogP contribution is 2.15. The minimum absolute atomic E-state index is 0.00755. The van der Waals surface area contributed by atoms with E-state index in [9.17, 15) is 27.6 Å². The second-order valence-electron chi connectivity index (χ2n) is 8.67. The SMILES string of the molecule is O=C(CCCCCCCCCCS(=O)(=O)O)NC(Cc1ccccc1)C(=O)ON1C(=O)CCC1=O. The van der Waals surface area contributed by atoms with Crippen LogP contribution in [0.1, 0.15) is 76.2 Å². The molecule has 0 aliphatic carbocycles. The third-order valence-electron chi connectivity index (χ3n) is 5.65. The van der Waals surface area contributed by atoms with Crippen LogP contribution in [0, 0.1) is 0 Å². The summed E-state index contributed by atoms with van der Waals surface area (Å²) in [5.41, 5.74) is 0.797. The minimum atomic E-state index is -3.88. The molecule has 3 amide bonds. The molecule has 0 bridgehead atoms. The maximum Gasteiger partial charge on any atom is 0.355 e. The van der Waals surface area contributed by atoms with Gasteiger partial charge in [0.1, 0.15) is 6.04 Å². The molecule has 2 N–H and O–H groups in total. The number of unbranched alkanes of at least 4 members (excludes halogenated alkanes) is 7. The summed E-state index contributed by atoms with van der Waals surface area (Å²) in [5.74, 6) is -2.53. The largest absolute Gasteiger partial charge is 0.355 e. The molecule has 10 nitrogen and oxygen atoms in total. The van der Waals surface area contributed by atoms with Crippen LogP contribution in [0.3, 0.4) is 0 Å². The summed E-state index contributed by atoms with van der Waals surface area (Å²) in [5, 5.41) is 3.16. The van der Waals surface area contributed by atoms with Gasteiger partial charge >= 0.3 is 5.97 Å². The summed E-state index contributed by atoms with van der Waals surface area (Å²) in [7, 11) is -3.88. The number of hydroxylamine groups is 2. The number of carbonyl (C=O) groups excluding carboxylic acids is 4. The van der Waals surface area contributed by atoms with Gasteiger partial charge in [0, 0.05) is 25.7 Å². The molecular formula is C24H34N2O8S. The molecule has 11 heteroatoms. The van der Waals surface area contributed by atoms with E-state index >= 15 is 0 Å². The Morgan fingerprint density at radius 1 is 0.914 bits per heavy atom. The fourth-order valence-electron chi connectivity index (χ4n) is 3.75. The Balaban J connectivity index is 1.72. The molecule has 1 heterocycles. The van der Waals surface area contributed by atoms with Crippen LogP contribution in [0.5, 0.6) is 0 Å². The third kappa shape index (κ3) is 11.5. The van der Waals surface area contributed by atoms with Crippen molar-refractivity contribution >= 4 is 33.8 Å². The highest BCUT2D eigenvalue weighted by molar-refractivity contribution is 7.85. The van der Waals surface area contributed by atoms with Gasteiger partial charge in [-0.25, -0.2) is 4.79 Å². The van der Waals surface area contributed by atoms with Crippen molar-refractivity contribution in [3.05, 3.63) is 35.9 Å². The van der Waals surface area contributed by atoms with E-state index in [4.69, 9.17) is 9.39 Å². The second kappa shape index (κ2) is 14.6. The Morgan fingerprint density at radius 2 is 1.46 bits per heavy atom. The van der Waals surface area contributed by atoms with Crippen molar-refractivity contribution in [3.63, 3.8) is 0 Å². The van der Waals surface area contributed by atoms with Gasteiger partial charge in [-0.2, -0.15) is 8.42 Å². The van der Waals surface area contributed by atoms with Crippen molar-refractivity contribution in [1.29, 1.82) is 0 Å². The second-order valence-corrected chi connectivity index (χ2v) is 10.2. The zero-order chi connectivity index (χ0) is 25.7. The van der Waals surface area contributed by atoms with E-state index in [2.05, 4.69) is 5.32 Å². The first-order valence-corrected chi connectivity index (χ1v) is 13.6. The predicted octanol–water partition coefficient (Wildman–Crippen LogP) is 2.72. The van der Waals surface area contributed by atoms with Crippen molar-refractivity contribution < 1.29 is 37.0 Å². The van der Waals surface area contributed by atoms with Gasteiger partial charge in [-0.3, -0.25) is 18.9 Å². The van der Waals surface area contributed by atoms with E-state index < -0.39 is 33.9 Å². The van der Waals surface area contributed by atoms with Gasteiger partial charge in [0.05, 0.1) is 5.75 Å². The first-order chi connectivity index (χ1) is 16.7. The minimum Gasteiger partial charge on any atom is -0.342 e. The number of hydrogen-bond acceptors (Lipinski definition) is 7. The third-order valence-corrected chi connectivity index (χ3v) is 6.45. The number of nitrogens with one attached hydrogen (secondary N) is 1. The van der Waals surface area contributed by atoms with E-state index in [0.717, 1.165) is 44.1 Å². The molecule has 1 saturated heterocycles. The fraction of sp³-hybridized carbons (Fsp3) is 0.583. The van der Waals surface area contributed by atoms with Crippen molar-refractivity contribution in [3.8, 4) is 0 Å². The van der Waals surface area contributed by atoms with Gasteiger partial charge in [-0.05, 0) is 18.4 Å². The summed E-state index contributed by atoms with van der Waals surface area (Å²) < 4.78 is 30.0. The molecule has 0 radical (unpaired) electrons. The molecule has 1 atom stereocenters. The first kappa shape index (κ1) is 28.4. The molecule has 0 saturated carbocycles. The molecule has 1 aliphatic rings. The van der Waals surface area contributed by atoms with Crippen LogP contribution < -0.4 is 5.32 Å². The smallest absolute Gasteiger partial charge is 0.342 e. The monoisotopic (exact) mass is 510 g/mol. The van der Waals surface area contributed by atoms with Crippen molar-refractivity contribution in [1.82, 2.24) is 10.4 Å². The quantitative estimate of drug-likeness (QED) is 0.196. The van der Waals surface area contributed by atoms with Crippen molar-refractivity contribution in [2.24, 2.45) is 0 Å². The molecule has 1 fully saturated rings. The number of benzene rings is 1. The van der Waals surface area contributed by atoms with Crippen LogP contribution in [-0.4, -0.2) is 53.5 Å². The van der Waals surface area contributed by atoms with Crippen LogP contribution in [0.2, 0.25) is 0 Å². The lowest BCUT2D eigenvalue weighted by Gasteiger charge is -2.20. The average Bonchev–Trinajstić information content (AvgIpc) is 3.12. The average molecular weight is 511 g/mol. The van der Waals surface area contributed by atoms with Crippen LogP contribution in [0.15, 0.2) is 30.3 Å². The summed E-state index contributed by atoms with van der Waals surface area (Å²) in [6.07, 6.45) is 6.80. The topological polar surface area (TPSA) is 147 Å².